The first kappa shape index (κ1) is 19.6. The highest BCUT2D eigenvalue weighted by molar-refractivity contribution is 5.92. The molecular weight excluding hydrogens is 404 g/mol. The van der Waals surface area contributed by atoms with Gasteiger partial charge in [0.1, 0.15) is 5.82 Å². The number of nitrogens with zero attached hydrogens (tertiary/aromatic N) is 5. The number of hydrogen-bond donors (Lipinski definition) is 3. The Hall–Kier alpha value is -3.70. The van der Waals surface area contributed by atoms with Crippen LogP contribution in [0.15, 0.2) is 18.2 Å². The van der Waals surface area contributed by atoms with Crippen LogP contribution in [0.3, 0.4) is 0 Å². The summed E-state index contributed by atoms with van der Waals surface area (Å²) in [5.74, 6) is -2.88. The lowest BCUT2D eigenvalue weighted by Crippen LogP contribution is -2.64. The Morgan fingerprint density at radius 2 is 1.80 bits per heavy atom. The topological polar surface area (TPSA) is 130 Å². The first-order valence-corrected chi connectivity index (χ1v) is 9.00. The van der Waals surface area contributed by atoms with Gasteiger partial charge in [0.05, 0.1) is 24.0 Å². The molecule has 1 aromatic heterocycles. The van der Waals surface area contributed by atoms with E-state index in [4.69, 9.17) is 0 Å². The number of fused-ring (bicyclic) bond motifs is 3. The van der Waals surface area contributed by atoms with E-state index in [1.807, 2.05) is 4.90 Å². The number of carbonyl (C=O) groups is 2. The first-order valence-electron chi connectivity index (χ1n) is 9.00. The molecule has 3 heterocycles. The number of amides is 2. The number of phenolic OH excluding ortho intramolecular Hbond substituents is 1. The monoisotopic (exact) mass is 421 g/mol. The molecule has 2 aliphatic rings. The van der Waals surface area contributed by atoms with Crippen LogP contribution in [0, 0.1) is 11.6 Å². The second-order valence-electron chi connectivity index (χ2n) is 7.21. The molecule has 12 heteroatoms. The SMILES string of the molecule is CC1CN2c3cc(-c4cc(F)cc(F)c4O)nnc3N(C(=O)O)C[C@H]2CN1C(=O)O. The van der Waals surface area contributed by atoms with E-state index in [0.717, 1.165) is 11.0 Å². The third-order valence-electron chi connectivity index (χ3n) is 5.34. The van der Waals surface area contributed by atoms with E-state index in [9.17, 15) is 33.7 Å². The van der Waals surface area contributed by atoms with Gasteiger partial charge in [-0.05, 0) is 19.1 Å². The Bertz CT molecular complexity index is 1050. The number of hydrogen-bond acceptors (Lipinski definition) is 6. The number of rotatable bonds is 1. The van der Waals surface area contributed by atoms with E-state index in [1.165, 1.54) is 11.0 Å². The smallest absolute Gasteiger partial charge is 0.413 e. The van der Waals surface area contributed by atoms with Crippen LogP contribution in [0.5, 0.6) is 5.75 Å². The van der Waals surface area contributed by atoms with Gasteiger partial charge in [-0.15, -0.1) is 10.2 Å². The molecule has 0 radical (unpaired) electrons. The standard InChI is InChI=1S/C18H17F2N5O5/c1-8-5-24-10(6-23(8)17(27)28)7-25(18(29)30)16-14(24)4-13(21-22-16)11-2-9(19)3-12(20)15(11)26/h2-4,8,10,26H,5-7H2,1H3,(H,27,28)(H,29,30)/t8?,10-/m1/s1. The molecule has 1 fully saturated rings. The van der Waals surface area contributed by atoms with E-state index in [-0.39, 0.29) is 42.8 Å². The lowest BCUT2D eigenvalue weighted by atomic mass is 10.0. The summed E-state index contributed by atoms with van der Waals surface area (Å²) in [7, 11) is 0. The molecule has 1 unspecified atom stereocenters. The zero-order valence-electron chi connectivity index (χ0n) is 15.7. The van der Waals surface area contributed by atoms with Gasteiger partial charge < -0.3 is 25.1 Å². The molecule has 4 rings (SSSR count). The van der Waals surface area contributed by atoms with Gasteiger partial charge in [-0.3, -0.25) is 4.90 Å². The molecule has 30 heavy (non-hydrogen) atoms. The van der Waals surface area contributed by atoms with Crippen molar-refractivity contribution in [2.24, 2.45) is 0 Å². The quantitative estimate of drug-likeness (QED) is 0.639. The maximum absolute atomic E-state index is 13.8. The third-order valence-corrected chi connectivity index (χ3v) is 5.34. The highest BCUT2D eigenvalue weighted by atomic mass is 19.1. The van der Waals surface area contributed by atoms with E-state index >= 15 is 0 Å². The average Bonchev–Trinajstić information content (AvgIpc) is 2.69. The van der Waals surface area contributed by atoms with Crippen LogP contribution in [0.1, 0.15) is 6.92 Å². The van der Waals surface area contributed by atoms with Crippen LogP contribution in [-0.2, 0) is 0 Å². The van der Waals surface area contributed by atoms with Crippen LogP contribution in [-0.4, -0.2) is 74.3 Å². The molecule has 2 amide bonds. The number of halogens is 2. The van der Waals surface area contributed by atoms with Crippen molar-refractivity contribution < 1.29 is 33.7 Å². The second-order valence-corrected chi connectivity index (χ2v) is 7.21. The normalized spacial score (nSPS) is 20.6. The Morgan fingerprint density at radius 1 is 1.07 bits per heavy atom. The number of anilines is 2. The van der Waals surface area contributed by atoms with Crippen LogP contribution < -0.4 is 9.80 Å². The zero-order valence-corrected chi connectivity index (χ0v) is 15.7. The summed E-state index contributed by atoms with van der Waals surface area (Å²) in [4.78, 5) is 27.2. The minimum atomic E-state index is -1.29. The number of aromatic hydroxyl groups is 1. The second kappa shape index (κ2) is 6.97. The largest absolute Gasteiger partial charge is 0.504 e. The fraction of sp³-hybridized carbons (Fsp3) is 0.333. The van der Waals surface area contributed by atoms with Crippen LogP contribution in [0.4, 0.5) is 29.9 Å². The van der Waals surface area contributed by atoms with Crippen LogP contribution >= 0.6 is 0 Å². The van der Waals surface area contributed by atoms with Crippen LogP contribution in [0.2, 0.25) is 0 Å². The maximum Gasteiger partial charge on any atom is 0.413 e. The highest BCUT2D eigenvalue weighted by Gasteiger charge is 2.42. The number of aromatic nitrogens is 2. The van der Waals surface area contributed by atoms with Crippen molar-refractivity contribution in [2.75, 3.05) is 29.4 Å². The van der Waals surface area contributed by atoms with Gasteiger partial charge in [0.2, 0.25) is 0 Å². The number of benzene rings is 1. The van der Waals surface area contributed by atoms with Crippen molar-refractivity contribution in [1.29, 1.82) is 0 Å². The number of phenols is 1. The maximum atomic E-state index is 13.8. The molecular formula is C18H17F2N5O5. The van der Waals surface area contributed by atoms with Crippen molar-refractivity contribution in [3.8, 4) is 17.0 Å². The predicted molar refractivity (Wildman–Crippen MR) is 99.7 cm³/mol. The van der Waals surface area contributed by atoms with Crippen molar-refractivity contribution in [2.45, 2.75) is 19.0 Å². The van der Waals surface area contributed by atoms with E-state index in [1.54, 1.807) is 6.92 Å². The van der Waals surface area contributed by atoms with Crippen molar-refractivity contribution in [3.63, 3.8) is 0 Å². The van der Waals surface area contributed by atoms with Gasteiger partial charge in [0, 0.05) is 30.8 Å². The van der Waals surface area contributed by atoms with Crippen molar-refractivity contribution in [1.82, 2.24) is 15.1 Å². The lowest BCUT2D eigenvalue weighted by Gasteiger charge is -2.49. The van der Waals surface area contributed by atoms with Gasteiger partial charge >= 0.3 is 12.2 Å². The summed E-state index contributed by atoms with van der Waals surface area (Å²) in [5, 5.41) is 36.8. The van der Waals surface area contributed by atoms with E-state index in [0.29, 0.717) is 11.8 Å². The van der Waals surface area contributed by atoms with E-state index in [2.05, 4.69) is 10.2 Å². The van der Waals surface area contributed by atoms with Gasteiger partial charge in [-0.25, -0.2) is 18.4 Å². The molecule has 0 bridgehead atoms. The molecule has 1 saturated heterocycles. The van der Waals surface area contributed by atoms with E-state index < -0.39 is 35.6 Å². The molecule has 2 atom stereocenters. The molecule has 0 aliphatic carbocycles. The predicted octanol–water partition coefficient (Wildman–Crippen LogP) is 2.18. The van der Waals surface area contributed by atoms with Gasteiger partial charge in [-0.1, -0.05) is 0 Å². The Labute approximate surface area is 168 Å². The Kier molecular flexibility index (Phi) is 4.56. The molecule has 10 nitrogen and oxygen atoms in total. The Morgan fingerprint density at radius 3 is 2.47 bits per heavy atom. The molecule has 3 N–H and O–H groups in total. The minimum Gasteiger partial charge on any atom is -0.504 e. The minimum absolute atomic E-state index is 0.0211. The summed E-state index contributed by atoms with van der Waals surface area (Å²) >= 11 is 0. The molecule has 2 aliphatic heterocycles. The van der Waals surface area contributed by atoms with Crippen molar-refractivity contribution >= 4 is 23.7 Å². The van der Waals surface area contributed by atoms with Gasteiger partial charge in [0.25, 0.3) is 0 Å². The summed E-state index contributed by atoms with van der Waals surface area (Å²) in [6, 6.07) is 1.94. The average molecular weight is 421 g/mol. The summed E-state index contributed by atoms with van der Waals surface area (Å²) < 4.78 is 27.5. The zero-order chi connectivity index (χ0) is 21.7. The summed E-state index contributed by atoms with van der Waals surface area (Å²) in [6.07, 6.45) is -2.40. The lowest BCUT2D eigenvalue weighted by molar-refractivity contribution is 0.112. The fourth-order valence-electron chi connectivity index (χ4n) is 3.89. The molecule has 1 aromatic carbocycles. The van der Waals surface area contributed by atoms with Gasteiger partial charge in [0.15, 0.2) is 17.4 Å². The van der Waals surface area contributed by atoms with Gasteiger partial charge in [-0.2, -0.15) is 0 Å². The number of piperazine rings is 1. The highest BCUT2D eigenvalue weighted by Crippen LogP contribution is 2.40. The third kappa shape index (κ3) is 3.09. The molecule has 158 valence electrons. The summed E-state index contributed by atoms with van der Waals surface area (Å²) in [6.45, 7) is 2.02. The fourth-order valence-corrected chi connectivity index (χ4v) is 3.89. The summed E-state index contributed by atoms with van der Waals surface area (Å²) in [5.41, 5.74) is 0.0348. The molecule has 2 aromatic rings. The number of carboxylic acid groups (broad SMARTS) is 2. The van der Waals surface area contributed by atoms with Crippen molar-refractivity contribution in [3.05, 3.63) is 29.8 Å². The van der Waals surface area contributed by atoms with Crippen LogP contribution in [0.25, 0.3) is 11.3 Å². The molecule has 0 spiro atoms. The molecule has 0 saturated carbocycles. The Balaban J connectivity index is 1.83. The first-order chi connectivity index (χ1) is 14.2.